The predicted molar refractivity (Wildman–Crippen MR) is 137 cm³/mol. The summed E-state index contributed by atoms with van der Waals surface area (Å²) in [5.74, 6) is 0.270. The van der Waals surface area contributed by atoms with Gasteiger partial charge in [0.05, 0.1) is 22.5 Å². The van der Waals surface area contributed by atoms with Crippen LogP contribution in [0.3, 0.4) is 0 Å². The lowest BCUT2D eigenvalue weighted by Crippen LogP contribution is -2.17. The summed E-state index contributed by atoms with van der Waals surface area (Å²) < 4.78 is 6.11. The molecule has 168 valence electrons. The Bertz CT molecular complexity index is 1310. The van der Waals surface area contributed by atoms with E-state index in [0.717, 1.165) is 49.7 Å². The molecule has 0 saturated heterocycles. The summed E-state index contributed by atoms with van der Waals surface area (Å²) in [6.45, 7) is 5.12. The van der Waals surface area contributed by atoms with Crippen molar-refractivity contribution in [2.45, 2.75) is 12.3 Å². The number of rotatable bonds is 9. The van der Waals surface area contributed by atoms with Crippen LogP contribution in [0.2, 0.25) is 0 Å². The Morgan fingerprint density at radius 1 is 1.18 bits per heavy atom. The Kier molecular flexibility index (Phi) is 7.10. The van der Waals surface area contributed by atoms with Crippen molar-refractivity contribution in [3.8, 4) is 5.75 Å². The van der Waals surface area contributed by atoms with Gasteiger partial charge in [0.15, 0.2) is 0 Å². The maximum atomic E-state index is 9.91. The number of phenolic OH excluding ortho intramolecular Hbond substituents is 1. The van der Waals surface area contributed by atoms with Gasteiger partial charge in [-0.15, -0.1) is 17.1 Å². The highest BCUT2D eigenvalue weighted by Gasteiger charge is 2.21. The van der Waals surface area contributed by atoms with Gasteiger partial charge in [-0.25, -0.2) is 4.98 Å². The molecule has 33 heavy (non-hydrogen) atoms. The fraction of sp³-hybridized carbons (Fsp3) is 0.185. The van der Waals surface area contributed by atoms with Gasteiger partial charge in [-0.2, -0.15) is 0 Å². The lowest BCUT2D eigenvalue weighted by Gasteiger charge is -2.17. The molecular weight excluding hydrogens is 430 g/mol. The first-order valence-corrected chi connectivity index (χ1v) is 11.6. The summed E-state index contributed by atoms with van der Waals surface area (Å²) in [4.78, 5) is 4.91. The number of nitrogens with two attached hydrogens (primary N) is 1. The smallest absolute Gasteiger partial charge is 0.117 e. The zero-order valence-corrected chi connectivity index (χ0v) is 19.4. The molecule has 0 aliphatic heterocycles. The quantitative estimate of drug-likeness (QED) is 0.180. The molecular formula is C27H27N3O2S. The summed E-state index contributed by atoms with van der Waals surface area (Å²) in [5.41, 5.74) is 14.8. The number of methoxy groups -OCH3 is 1. The molecule has 0 spiro atoms. The van der Waals surface area contributed by atoms with Gasteiger partial charge in [0.2, 0.25) is 0 Å². The highest BCUT2D eigenvalue weighted by atomic mass is 32.1. The summed E-state index contributed by atoms with van der Waals surface area (Å²) in [6.07, 6.45) is 0.755. The second kappa shape index (κ2) is 10.4. The average molecular weight is 458 g/mol. The third kappa shape index (κ3) is 5.44. The first kappa shape index (κ1) is 22.6. The topological polar surface area (TPSA) is 80.4 Å². The van der Waals surface area contributed by atoms with Gasteiger partial charge in [-0.1, -0.05) is 36.9 Å². The number of aromatic nitrogens is 1. The van der Waals surface area contributed by atoms with E-state index in [1.54, 1.807) is 30.6 Å². The van der Waals surface area contributed by atoms with Crippen LogP contribution in [0.25, 0.3) is 15.9 Å². The number of anilines is 1. The van der Waals surface area contributed by atoms with Crippen LogP contribution < -0.4 is 11.1 Å². The lowest BCUT2D eigenvalue weighted by atomic mass is 9.91. The third-order valence-corrected chi connectivity index (χ3v) is 6.57. The number of thiazole rings is 1. The number of fused-ring (bicyclic) bond motifs is 1. The predicted octanol–water partition coefficient (Wildman–Crippen LogP) is 5.32. The van der Waals surface area contributed by atoms with Gasteiger partial charge in [-0.3, -0.25) is 0 Å². The molecule has 4 aromatic rings. The van der Waals surface area contributed by atoms with Crippen LogP contribution in [0, 0.1) is 0 Å². The second-order valence-corrected chi connectivity index (χ2v) is 8.86. The van der Waals surface area contributed by atoms with Crippen molar-refractivity contribution in [2.24, 2.45) is 0 Å². The number of nitrogens with zero attached hydrogens (tertiary/aromatic N) is 1. The molecule has 0 saturated carbocycles. The maximum Gasteiger partial charge on any atom is 0.117 e. The van der Waals surface area contributed by atoms with Crippen molar-refractivity contribution in [1.29, 1.82) is 0 Å². The molecule has 1 aromatic heterocycles. The van der Waals surface area contributed by atoms with Crippen LogP contribution in [-0.2, 0) is 11.2 Å². The van der Waals surface area contributed by atoms with Gasteiger partial charge in [0, 0.05) is 30.8 Å². The Labute approximate surface area is 197 Å². The van der Waals surface area contributed by atoms with Crippen LogP contribution in [0.1, 0.15) is 27.6 Å². The molecule has 4 rings (SSSR count). The lowest BCUT2D eigenvalue weighted by molar-refractivity contribution is 0.203. The molecule has 1 atom stereocenters. The monoisotopic (exact) mass is 457 g/mol. The van der Waals surface area contributed by atoms with E-state index < -0.39 is 0 Å². The minimum absolute atomic E-state index is 0.0244. The first-order valence-electron chi connectivity index (χ1n) is 10.7. The summed E-state index contributed by atoms with van der Waals surface area (Å²) in [6, 6.07) is 21.7. The van der Waals surface area contributed by atoms with Crippen molar-refractivity contribution in [1.82, 2.24) is 10.3 Å². The van der Waals surface area contributed by atoms with Crippen molar-refractivity contribution < 1.29 is 9.84 Å². The molecule has 4 N–H and O–H groups in total. The van der Waals surface area contributed by atoms with Crippen molar-refractivity contribution in [3.05, 3.63) is 101 Å². The third-order valence-electron chi connectivity index (χ3n) is 5.44. The SMILES string of the molecule is C=C=C(NCCOC)c1cccc(C(Cc2cccc(N)c2)c2nc3ccc(O)cc3s2)c1. The Hall–Kier alpha value is -3.57. The van der Waals surface area contributed by atoms with E-state index in [1.807, 2.05) is 36.4 Å². The van der Waals surface area contributed by atoms with E-state index in [1.165, 1.54) is 0 Å². The van der Waals surface area contributed by atoms with Crippen LogP contribution >= 0.6 is 11.3 Å². The number of aromatic hydroxyl groups is 1. The van der Waals surface area contributed by atoms with Gasteiger partial charge >= 0.3 is 0 Å². The fourth-order valence-electron chi connectivity index (χ4n) is 3.84. The van der Waals surface area contributed by atoms with E-state index in [4.69, 9.17) is 15.5 Å². The van der Waals surface area contributed by atoms with Crippen LogP contribution in [0.15, 0.2) is 79.0 Å². The summed E-state index contributed by atoms with van der Waals surface area (Å²) in [5, 5.41) is 14.2. The average Bonchev–Trinajstić information content (AvgIpc) is 3.23. The molecule has 0 bridgehead atoms. The second-order valence-electron chi connectivity index (χ2n) is 7.80. The highest BCUT2D eigenvalue weighted by Crippen LogP contribution is 2.36. The zero-order chi connectivity index (χ0) is 23.2. The van der Waals surface area contributed by atoms with Gasteiger partial charge in [-0.05, 0) is 53.9 Å². The molecule has 3 aromatic carbocycles. The normalized spacial score (nSPS) is 11.8. The molecule has 1 heterocycles. The van der Waals surface area contributed by atoms with E-state index in [9.17, 15) is 5.11 Å². The Balaban J connectivity index is 1.75. The largest absolute Gasteiger partial charge is 0.508 e. The summed E-state index contributed by atoms with van der Waals surface area (Å²) >= 11 is 1.61. The number of hydrogen-bond acceptors (Lipinski definition) is 6. The molecule has 5 nitrogen and oxygen atoms in total. The number of benzene rings is 3. The van der Waals surface area contributed by atoms with Crippen molar-refractivity contribution >= 4 is 32.9 Å². The number of nitrogen functional groups attached to an aromatic ring is 1. The highest BCUT2D eigenvalue weighted by molar-refractivity contribution is 7.18. The Morgan fingerprint density at radius 3 is 2.82 bits per heavy atom. The van der Waals surface area contributed by atoms with E-state index >= 15 is 0 Å². The standard InChI is InChI=1S/C27H27N3O2S/c1-3-24(29-12-13-32-2)20-8-5-7-19(16-20)23(15-18-6-4-9-21(28)14-18)27-30-25-11-10-22(31)17-26(25)33-27/h4-11,14,16-17,23,29,31H,1,12-13,15,28H2,2H3. The van der Waals surface area contributed by atoms with Crippen molar-refractivity contribution in [2.75, 3.05) is 26.0 Å². The van der Waals surface area contributed by atoms with Crippen LogP contribution in [-0.4, -0.2) is 30.4 Å². The van der Waals surface area contributed by atoms with Crippen molar-refractivity contribution in [3.63, 3.8) is 0 Å². The molecule has 6 heteroatoms. The number of hydrogen-bond donors (Lipinski definition) is 3. The van der Waals surface area contributed by atoms with E-state index in [-0.39, 0.29) is 11.7 Å². The molecule has 0 aliphatic carbocycles. The fourth-order valence-corrected chi connectivity index (χ4v) is 4.97. The van der Waals surface area contributed by atoms with Crippen LogP contribution in [0.4, 0.5) is 5.69 Å². The molecule has 0 amide bonds. The molecule has 0 fully saturated rings. The molecule has 0 aliphatic rings. The minimum Gasteiger partial charge on any atom is -0.508 e. The molecule has 0 radical (unpaired) electrons. The van der Waals surface area contributed by atoms with E-state index in [0.29, 0.717) is 13.2 Å². The number of ether oxygens (including phenoxy) is 1. The number of nitrogens with one attached hydrogen (secondary N) is 1. The number of phenols is 1. The van der Waals surface area contributed by atoms with Gasteiger partial charge in [0.1, 0.15) is 10.8 Å². The van der Waals surface area contributed by atoms with E-state index in [2.05, 4.69) is 35.8 Å². The minimum atomic E-state index is 0.0244. The van der Waals surface area contributed by atoms with Gasteiger partial charge in [0.25, 0.3) is 0 Å². The molecule has 1 unspecified atom stereocenters. The summed E-state index contributed by atoms with van der Waals surface area (Å²) in [7, 11) is 1.68. The van der Waals surface area contributed by atoms with Gasteiger partial charge < -0.3 is 20.9 Å². The zero-order valence-electron chi connectivity index (χ0n) is 18.5. The van der Waals surface area contributed by atoms with Crippen LogP contribution in [0.5, 0.6) is 5.75 Å². The maximum absolute atomic E-state index is 9.91. The Morgan fingerprint density at radius 2 is 2.03 bits per heavy atom. The first-order chi connectivity index (χ1) is 16.1.